The first kappa shape index (κ1) is 18.7. The summed E-state index contributed by atoms with van der Waals surface area (Å²) < 4.78 is 10.5. The smallest absolute Gasteiger partial charge is 0.0632 e. The summed E-state index contributed by atoms with van der Waals surface area (Å²) in [5.41, 5.74) is -2.05. The Kier molecular flexibility index (Phi) is 9.46. The maximum absolute atomic E-state index is 9.34. The zero-order chi connectivity index (χ0) is 14.8. The molecule has 0 aromatic rings. The molecule has 0 aliphatic heterocycles. The average molecular weight is 282 g/mol. The molecule has 0 unspecified atom stereocenters. The molecule has 0 aromatic heterocycles. The van der Waals surface area contributed by atoms with Gasteiger partial charge in [0.1, 0.15) is 0 Å². The van der Waals surface area contributed by atoms with E-state index in [4.69, 9.17) is 24.8 Å². The lowest BCUT2D eigenvalue weighted by atomic mass is 9.90. The molecule has 0 aromatic carbocycles. The Morgan fingerprint density at radius 2 is 1.00 bits per heavy atom. The van der Waals surface area contributed by atoms with Gasteiger partial charge < -0.3 is 35.0 Å². The summed E-state index contributed by atoms with van der Waals surface area (Å²) in [5.74, 6) is 0. The van der Waals surface area contributed by atoms with E-state index in [0.29, 0.717) is 6.61 Å². The van der Waals surface area contributed by atoms with Gasteiger partial charge in [0.2, 0.25) is 0 Å². The van der Waals surface area contributed by atoms with Crippen molar-refractivity contribution in [2.24, 2.45) is 10.8 Å². The molecule has 0 fully saturated rings. The van der Waals surface area contributed by atoms with Crippen LogP contribution in [0.5, 0.6) is 0 Å². The Bertz CT molecular complexity index is 206. The molecule has 116 valence electrons. The highest BCUT2D eigenvalue weighted by Gasteiger charge is 2.33. The minimum absolute atomic E-state index is 0.00174. The molecule has 0 bridgehead atoms. The zero-order valence-electron chi connectivity index (χ0n) is 11.4. The van der Waals surface area contributed by atoms with Crippen molar-refractivity contribution in [1.82, 2.24) is 0 Å². The van der Waals surface area contributed by atoms with E-state index in [0.717, 1.165) is 0 Å². The van der Waals surface area contributed by atoms with Crippen molar-refractivity contribution in [1.29, 1.82) is 0 Å². The Labute approximate surface area is 113 Å². The van der Waals surface area contributed by atoms with Crippen LogP contribution in [0.2, 0.25) is 0 Å². The fraction of sp³-hybridized carbons (Fsp3) is 1.00. The first-order valence-corrected chi connectivity index (χ1v) is 6.27. The molecule has 0 saturated carbocycles. The predicted molar refractivity (Wildman–Crippen MR) is 67.6 cm³/mol. The first-order chi connectivity index (χ1) is 9.07. The highest BCUT2D eigenvalue weighted by atomic mass is 16.5. The van der Waals surface area contributed by atoms with Crippen molar-refractivity contribution in [3.8, 4) is 0 Å². The van der Waals surface area contributed by atoms with E-state index in [-0.39, 0.29) is 33.0 Å². The SMILES string of the molecule is CCOCC(CO)(CO)COCC(CO)(CO)CO. The van der Waals surface area contributed by atoms with Gasteiger partial charge in [-0.15, -0.1) is 0 Å². The van der Waals surface area contributed by atoms with Crippen molar-refractivity contribution < 1.29 is 35.0 Å². The van der Waals surface area contributed by atoms with E-state index in [9.17, 15) is 10.2 Å². The number of hydrogen-bond donors (Lipinski definition) is 5. The Morgan fingerprint density at radius 3 is 1.37 bits per heavy atom. The summed E-state index contributed by atoms with van der Waals surface area (Å²) in [6, 6.07) is 0. The molecule has 0 aliphatic carbocycles. The quantitative estimate of drug-likeness (QED) is 0.280. The van der Waals surface area contributed by atoms with Crippen molar-refractivity contribution in [3.63, 3.8) is 0 Å². The van der Waals surface area contributed by atoms with Gasteiger partial charge in [-0.3, -0.25) is 0 Å². The minimum atomic E-state index is -1.12. The largest absolute Gasteiger partial charge is 0.396 e. The van der Waals surface area contributed by atoms with E-state index < -0.39 is 30.7 Å². The predicted octanol–water partition coefficient (Wildman–Crippen LogP) is -2.03. The van der Waals surface area contributed by atoms with Gasteiger partial charge in [-0.1, -0.05) is 0 Å². The van der Waals surface area contributed by atoms with Gasteiger partial charge in [-0.05, 0) is 6.92 Å². The molecule has 0 heterocycles. The summed E-state index contributed by atoms with van der Waals surface area (Å²) in [6.07, 6.45) is 0. The monoisotopic (exact) mass is 282 g/mol. The van der Waals surface area contributed by atoms with E-state index in [1.165, 1.54) is 0 Å². The molecule has 19 heavy (non-hydrogen) atoms. The van der Waals surface area contributed by atoms with Crippen LogP contribution < -0.4 is 0 Å². The summed E-state index contributed by atoms with van der Waals surface area (Å²) in [7, 11) is 0. The number of hydrogen-bond acceptors (Lipinski definition) is 7. The molecule has 5 N–H and O–H groups in total. The molecule has 0 atom stereocenters. The molecule has 7 nitrogen and oxygen atoms in total. The van der Waals surface area contributed by atoms with Gasteiger partial charge in [0.05, 0.1) is 63.7 Å². The molecule has 0 aliphatic rings. The third-order valence-corrected chi connectivity index (χ3v) is 3.11. The Balaban J connectivity index is 4.39. The molecule has 0 radical (unpaired) electrons. The zero-order valence-corrected chi connectivity index (χ0v) is 11.4. The number of rotatable bonds is 12. The van der Waals surface area contributed by atoms with Gasteiger partial charge >= 0.3 is 0 Å². The summed E-state index contributed by atoms with van der Waals surface area (Å²) >= 11 is 0. The minimum Gasteiger partial charge on any atom is -0.396 e. The highest BCUT2D eigenvalue weighted by molar-refractivity contribution is 4.80. The fourth-order valence-electron chi connectivity index (χ4n) is 1.36. The summed E-state index contributed by atoms with van der Waals surface area (Å²) in [5, 5.41) is 46.1. The number of aliphatic hydroxyl groups is 5. The maximum Gasteiger partial charge on any atom is 0.0632 e. The van der Waals surface area contributed by atoms with Crippen LogP contribution in [0.4, 0.5) is 0 Å². The van der Waals surface area contributed by atoms with Crippen LogP contribution in [0.3, 0.4) is 0 Å². The number of ether oxygens (including phenoxy) is 2. The van der Waals surface area contributed by atoms with Gasteiger partial charge in [0, 0.05) is 6.61 Å². The topological polar surface area (TPSA) is 120 Å². The molecule has 0 amide bonds. The second kappa shape index (κ2) is 9.60. The van der Waals surface area contributed by atoms with Crippen LogP contribution in [0.25, 0.3) is 0 Å². The standard InChI is InChI=1S/C12H26O7/c1-2-18-9-12(6-16,7-17)10-19-8-11(3-13,4-14)5-15/h13-17H,2-10H2,1H3. The van der Waals surface area contributed by atoms with Crippen LogP contribution in [-0.2, 0) is 9.47 Å². The third-order valence-electron chi connectivity index (χ3n) is 3.11. The number of aliphatic hydroxyl groups excluding tert-OH is 5. The van der Waals surface area contributed by atoms with Crippen molar-refractivity contribution in [2.75, 3.05) is 59.5 Å². The van der Waals surface area contributed by atoms with Gasteiger partial charge in [0.25, 0.3) is 0 Å². The lowest BCUT2D eigenvalue weighted by Gasteiger charge is -2.32. The van der Waals surface area contributed by atoms with Crippen LogP contribution in [0.1, 0.15) is 6.92 Å². The molecule has 0 spiro atoms. The molecular formula is C12H26O7. The summed E-state index contributed by atoms with van der Waals surface area (Å²) in [6.45, 7) is 0.434. The second-order valence-corrected chi connectivity index (χ2v) is 4.92. The molecule has 7 heteroatoms. The maximum atomic E-state index is 9.34. The van der Waals surface area contributed by atoms with E-state index in [1.54, 1.807) is 6.92 Å². The van der Waals surface area contributed by atoms with Crippen LogP contribution in [-0.4, -0.2) is 85.0 Å². The fourth-order valence-corrected chi connectivity index (χ4v) is 1.36. The van der Waals surface area contributed by atoms with Crippen LogP contribution in [0, 0.1) is 10.8 Å². The van der Waals surface area contributed by atoms with E-state index in [1.807, 2.05) is 0 Å². The van der Waals surface area contributed by atoms with Gasteiger partial charge in [-0.25, -0.2) is 0 Å². The molecular weight excluding hydrogens is 256 g/mol. The van der Waals surface area contributed by atoms with Crippen molar-refractivity contribution >= 4 is 0 Å². The molecule has 0 rings (SSSR count). The van der Waals surface area contributed by atoms with Crippen molar-refractivity contribution in [3.05, 3.63) is 0 Å². The first-order valence-electron chi connectivity index (χ1n) is 6.27. The van der Waals surface area contributed by atoms with Gasteiger partial charge in [-0.2, -0.15) is 0 Å². The Morgan fingerprint density at radius 1 is 0.632 bits per heavy atom. The Hall–Kier alpha value is -0.280. The van der Waals surface area contributed by atoms with Crippen molar-refractivity contribution in [2.45, 2.75) is 6.92 Å². The van der Waals surface area contributed by atoms with E-state index in [2.05, 4.69) is 0 Å². The third kappa shape index (κ3) is 5.70. The normalized spacial score (nSPS) is 12.9. The van der Waals surface area contributed by atoms with Gasteiger partial charge in [0.15, 0.2) is 0 Å². The van der Waals surface area contributed by atoms with Crippen LogP contribution >= 0.6 is 0 Å². The lowest BCUT2D eigenvalue weighted by molar-refractivity contribution is -0.110. The molecule has 0 saturated heterocycles. The van der Waals surface area contributed by atoms with E-state index >= 15 is 0 Å². The summed E-state index contributed by atoms with van der Waals surface area (Å²) in [4.78, 5) is 0. The highest BCUT2D eigenvalue weighted by Crippen LogP contribution is 2.20. The lowest BCUT2D eigenvalue weighted by Crippen LogP contribution is -2.43. The second-order valence-electron chi connectivity index (χ2n) is 4.92. The van der Waals surface area contributed by atoms with Crippen LogP contribution in [0.15, 0.2) is 0 Å². The average Bonchev–Trinajstić information content (AvgIpc) is 2.48.